The molecule has 0 radical (unpaired) electrons. The first-order chi connectivity index (χ1) is 13.7. The van der Waals surface area contributed by atoms with Gasteiger partial charge in [-0.1, -0.05) is 29.5 Å². The van der Waals surface area contributed by atoms with Crippen molar-refractivity contribution in [2.75, 3.05) is 12.4 Å². The van der Waals surface area contributed by atoms with Crippen molar-refractivity contribution in [3.05, 3.63) is 65.8 Å². The maximum Gasteiger partial charge on any atom is 0.246 e. The van der Waals surface area contributed by atoms with Gasteiger partial charge in [-0.2, -0.15) is 0 Å². The summed E-state index contributed by atoms with van der Waals surface area (Å²) < 4.78 is 12.8. The number of methoxy groups -OCH3 is 1. The van der Waals surface area contributed by atoms with E-state index in [2.05, 4.69) is 15.5 Å². The molecule has 1 N–H and O–H groups in total. The molecule has 0 bridgehead atoms. The molecule has 0 atom stereocenters. The van der Waals surface area contributed by atoms with Gasteiger partial charge in [0.15, 0.2) is 5.01 Å². The number of hydrogen-bond acceptors (Lipinski definition) is 6. The number of hydrogen-bond donors (Lipinski definition) is 1. The number of carbonyl (C=O) groups excluding carboxylic acids is 1. The summed E-state index contributed by atoms with van der Waals surface area (Å²) in [5, 5.41) is 13.0. The highest BCUT2D eigenvalue weighted by atomic mass is 32.1. The van der Waals surface area contributed by atoms with E-state index in [9.17, 15) is 4.79 Å². The number of ether oxygens (including phenoxy) is 2. The van der Waals surface area contributed by atoms with Crippen LogP contribution < -0.4 is 14.8 Å². The molecule has 2 aromatic carbocycles. The van der Waals surface area contributed by atoms with E-state index in [1.54, 1.807) is 7.11 Å². The third-order valence-corrected chi connectivity index (χ3v) is 4.92. The highest BCUT2D eigenvalue weighted by molar-refractivity contribution is 7.15. The normalized spacial score (nSPS) is 10.8. The number of amides is 1. The number of para-hydroxylation sites is 1. The van der Waals surface area contributed by atoms with Crippen molar-refractivity contribution in [1.82, 2.24) is 14.8 Å². The van der Waals surface area contributed by atoms with E-state index in [4.69, 9.17) is 9.47 Å². The molecule has 2 heterocycles. The smallest absolute Gasteiger partial charge is 0.246 e. The predicted octanol–water partition coefficient (Wildman–Crippen LogP) is 3.72. The summed E-state index contributed by atoms with van der Waals surface area (Å²) in [6.07, 6.45) is 1.88. The summed E-state index contributed by atoms with van der Waals surface area (Å²) in [6, 6.07) is 17.2. The molecule has 7 nitrogen and oxygen atoms in total. The minimum absolute atomic E-state index is 0.167. The molecule has 4 aromatic rings. The van der Waals surface area contributed by atoms with E-state index in [0.29, 0.717) is 16.7 Å². The van der Waals surface area contributed by atoms with Crippen molar-refractivity contribution in [3.63, 3.8) is 0 Å². The van der Waals surface area contributed by atoms with Gasteiger partial charge in [-0.25, -0.2) is 0 Å². The topological polar surface area (TPSA) is 78.3 Å². The minimum atomic E-state index is -0.167. The Labute approximate surface area is 165 Å². The predicted molar refractivity (Wildman–Crippen MR) is 108 cm³/mol. The fraction of sp³-hybridized carbons (Fsp3) is 0.150. The summed E-state index contributed by atoms with van der Waals surface area (Å²) in [5.41, 5.74) is 0.963. The molecule has 4 rings (SSSR count). The third-order valence-electron chi connectivity index (χ3n) is 4.11. The van der Waals surface area contributed by atoms with Gasteiger partial charge in [0.25, 0.3) is 0 Å². The van der Waals surface area contributed by atoms with Crippen LogP contribution in [-0.4, -0.2) is 27.8 Å². The highest BCUT2D eigenvalue weighted by Gasteiger charge is 2.11. The van der Waals surface area contributed by atoms with Crippen molar-refractivity contribution >= 4 is 33.3 Å². The lowest BCUT2D eigenvalue weighted by Crippen LogP contribution is -2.18. The van der Waals surface area contributed by atoms with Gasteiger partial charge in [0.2, 0.25) is 11.0 Å². The molecule has 28 heavy (non-hydrogen) atoms. The van der Waals surface area contributed by atoms with Crippen LogP contribution in [0.3, 0.4) is 0 Å². The van der Waals surface area contributed by atoms with Crippen LogP contribution in [0.2, 0.25) is 0 Å². The largest absolute Gasteiger partial charge is 0.497 e. The summed E-state index contributed by atoms with van der Waals surface area (Å²) in [6.45, 7) is 0.493. The Hall–Kier alpha value is -3.39. The first kappa shape index (κ1) is 18.0. The van der Waals surface area contributed by atoms with Crippen molar-refractivity contribution in [2.24, 2.45) is 0 Å². The van der Waals surface area contributed by atoms with Crippen molar-refractivity contribution < 1.29 is 14.3 Å². The minimum Gasteiger partial charge on any atom is -0.497 e. The Morgan fingerprint density at radius 2 is 1.96 bits per heavy atom. The Morgan fingerprint density at radius 1 is 1.11 bits per heavy atom. The maximum absolute atomic E-state index is 12.4. The number of nitrogens with one attached hydrogen (secondary N) is 1. The van der Waals surface area contributed by atoms with Crippen molar-refractivity contribution in [3.8, 4) is 11.5 Å². The number of anilines is 1. The van der Waals surface area contributed by atoms with Gasteiger partial charge >= 0.3 is 0 Å². The molecule has 8 heteroatoms. The Kier molecular flexibility index (Phi) is 5.20. The fourth-order valence-corrected chi connectivity index (χ4v) is 3.45. The van der Waals surface area contributed by atoms with Gasteiger partial charge in [-0.05, 0) is 36.4 Å². The number of benzene rings is 2. The SMILES string of the molecule is COc1ccc2c(ccn2CC(=O)Nc2nnc(COc3ccccc3)s2)c1. The lowest BCUT2D eigenvalue weighted by atomic mass is 10.2. The Bertz CT molecular complexity index is 1090. The van der Waals surface area contributed by atoms with Crippen LogP contribution in [-0.2, 0) is 17.9 Å². The van der Waals surface area contributed by atoms with Crippen LogP contribution in [0.5, 0.6) is 11.5 Å². The van der Waals surface area contributed by atoms with Crippen molar-refractivity contribution in [1.29, 1.82) is 0 Å². The highest BCUT2D eigenvalue weighted by Crippen LogP contribution is 2.22. The van der Waals surface area contributed by atoms with Crippen molar-refractivity contribution in [2.45, 2.75) is 13.2 Å². The van der Waals surface area contributed by atoms with E-state index in [1.807, 2.05) is 65.4 Å². The number of fused-ring (bicyclic) bond motifs is 1. The monoisotopic (exact) mass is 394 g/mol. The quantitative estimate of drug-likeness (QED) is 0.517. The average Bonchev–Trinajstić information content (AvgIpc) is 3.33. The molecule has 1 amide bonds. The zero-order valence-corrected chi connectivity index (χ0v) is 16.0. The lowest BCUT2D eigenvalue weighted by Gasteiger charge is -2.06. The van der Waals surface area contributed by atoms with Gasteiger partial charge in [-0.3, -0.25) is 10.1 Å². The van der Waals surface area contributed by atoms with E-state index < -0.39 is 0 Å². The van der Waals surface area contributed by atoms with Gasteiger partial charge < -0.3 is 14.0 Å². The molecule has 2 aromatic heterocycles. The molecule has 0 aliphatic rings. The van der Waals surface area contributed by atoms with Crippen LogP contribution in [0, 0.1) is 0 Å². The number of aromatic nitrogens is 3. The molecular formula is C20H18N4O3S. The summed E-state index contributed by atoms with van der Waals surface area (Å²) in [5.74, 6) is 1.38. The van der Waals surface area contributed by atoms with E-state index in [1.165, 1.54) is 11.3 Å². The molecule has 0 unspecified atom stereocenters. The standard InChI is InChI=1S/C20H18N4O3S/c1-26-16-7-8-17-14(11-16)9-10-24(17)12-18(25)21-20-23-22-19(28-20)13-27-15-5-3-2-4-6-15/h2-11H,12-13H2,1H3,(H,21,23,25). The molecule has 0 spiro atoms. The zero-order chi connectivity index (χ0) is 19.3. The number of nitrogens with zero attached hydrogens (tertiary/aromatic N) is 3. The van der Waals surface area contributed by atoms with E-state index >= 15 is 0 Å². The van der Waals surface area contributed by atoms with Crippen LogP contribution in [0.1, 0.15) is 5.01 Å². The molecule has 0 aliphatic heterocycles. The lowest BCUT2D eigenvalue weighted by molar-refractivity contribution is -0.116. The van der Waals surface area contributed by atoms with Gasteiger partial charge in [0, 0.05) is 17.1 Å². The first-order valence-electron chi connectivity index (χ1n) is 8.64. The number of rotatable bonds is 7. The Balaban J connectivity index is 1.36. The maximum atomic E-state index is 12.4. The second-order valence-electron chi connectivity index (χ2n) is 6.02. The summed E-state index contributed by atoms with van der Waals surface area (Å²) >= 11 is 1.30. The van der Waals surface area contributed by atoms with Gasteiger partial charge in [0.05, 0.1) is 7.11 Å². The molecule has 0 saturated carbocycles. The summed E-state index contributed by atoms with van der Waals surface area (Å²) in [4.78, 5) is 12.4. The number of carbonyl (C=O) groups is 1. The summed E-state index contributed by atoms with van der Waals surface area (Å²) in [7, 11) is 1.63. The van der Waals surface area contributed by atoms with Crippen LogP contribution >= 0.6 is 11.3 Å². The van der Waals surface area contributed by atoms with Crippen LogP contribution in [0.25, 0.3) is 10.9 Å². The first-order valence-corrected chi connectivity index (χ1v) is 9.46. The second-order valence-corrected chi connectivity index (χ2v) is 7.08. The second kappa shape index (κ2) is 8.10. The van der Waals surface area contributed by atoms with E-state index in [-0.39, 0.29) is 12.5 Å². The van der Waals surface area contributed by atoms with Crippen LogP contribution in [0.4, 0.5) is 5.13 Å². The Morgan fingerprint density at radius 3 is 2.79 bits per heavy atom. The molecular weight excluding hydrogens is 376 g/mol. The molecule has 0 saturated heterocycles. The fourth-order valence-electron chi connectivity index (χ4n) is 2.78. The molecule has 0 aliphatic carbocycles. The van der Waals surface area contributed by atoms with E-state index in [0.717, 1.165) is 22.4 Å². The van der Waals surface area contributed by atoms with Gasteiger partial charge in [-0.15, -0.1) is 10.2 Å². The van der Waals surface area contributed by atoms with Gasteiger partial charge in [0.1, 0.15) is 24.7 Å². The molecule has 142 valence electrons. The van der Waals surface area contributed by atoms with Crippen LogP contribution in [0.15, 0.2) is 60.8 Å². The zero-order valence-electron chi connectivity index (χ0n) is 15.2. The average molecular weight is 394 g/mol. The third kappa shape index (κ3) is 4.12. The molecule has 0 fully saturated rings.